The average molecular weight is 332 g/mol. The van der Waals surface area contributed by atoms with Crippen molar-refractivity contribution in [1.82, 2.24) is 9.80 Å². The minimum atomic E-state index is -0.131. The van der Waals surface area contributed by atoms with E-state index in [1.807, 2.05) is 6.07 Å². The van der Waals surface area contributed by atoms with Gasteiger partial charge in [-0.3, -0.25) is 9.80 Å². The van der Waals surface area contributed by atoms with Gasteiger partial charge >= 0.3 is 0 Å². The van der Waals surface area contributed by atoms with E-state index in [0.29, 0.717) is 24.8 Å². The summed E-state index contributed by atoms with van der Waals surface area (Å²) in [6.45, 7) is 9.11. The summed E-state index contributed by atoms with van der Waals surface area (Å²) in [5, 5.41) is 9.90. The molecular weight excluding hydrogens is 304 g/mol. The Labute approximate surface area is 144 Å². The molecule has 1 aromatic carbocycles. The van der Waals surface area contributed by atoms with Crippen LogP contribution in [-0.4, -0.2) is 66.1 Å². The number of hydrogen-bond acceptors (Lipinski definition) is 5. The van der Waals surface area contributed by atoms with Crippen molar-refractivity contribution in [3.63, 3.8) is 0 Å². The number of nitrogens with zero attached hydrogens (tertiary/aromatic N) is 2. The van der Waals surface area contributed by atoms with Crippen LogP contribution in [0, 0.1) is 5.92 Å². The summed E-state index contributed by atoms with van der Waals surface area (Å²) < 4.78 is 10.9. The highest BCUT2D eigenvalue weighted by molar-refractivity contribution is 5.44. The minimum absolute atomic E-state index is 0.131. The fourth-order valence-electron chi connectivity index (χ4n) is 4.47. The molecule has 0 radical (unpaired) electrons. The van der Waals surface area contributed by atoms with Crippen molar-refractivity contribution in [2.75, 3.05) is 33.0 Å². The van der Waals surface area contributed by atoms with Crippen LogP contribution in [-0.2, 0) is 6.42 Å². The fraction of sp³-hybridized carbons (Fsp3) is 0.684. The van der Waals surface area contributed by atoms with Crippen molar-refractivity contribution in [1.29, 1.82) is 0 Å². The smallest absolute Gasteiger partial charge is 0.231 e. The molecule has 0 bridgehead atoms. The minimum Gasteiger partial charge on any atom is -0.454 e. The van der Waals surface area contributed by atoms with Gasteiger partial charge in [-0.2, -0.15) is 0 Å². The number of piperazine rings is 1. The first kappa shape index (κ1) is 16.2. The fourth-order valence-corrected chi connectivity index (χ4v) is 4.47. The number of rotatable bonds is 4. The van der Waals surface area contributed by atoms with Crippen molar-refractivity contribution in [3.05, 3.63) is 23.8 Å². The van der Waals surface area contributed by atoms with E-state index in [9.17, 15) is 5.11 Å². The third kappa shape index (κ3) is 3.25. The first-order chi connectivity index (χ1) is 11.6. The van der Waals surface area contributed by atoms with Crippen LogP contribution in [0.4, 0.5) is 0 Å². The molecule has 0 saturated carbocycles. The molecule has 0 aromatic heterocycles. The number of benzene rings is 1. The molecular formula is C19H28N2O3. The Morgan fingerprint density at radius 2 is 2.04 bits per heavy atom. The summed E-state index contributed by atoms with van der Waals surface area (Å²) in [7, 11) is 0. The molecule has 1 aromatic rings. The molecule has 0 amide bonds. The van der Waals surface area contributed by atoms with Gasteiger partial charge < -0.3 is 14.6 Å². The Hall–Kier alpha value is -1.30. The number of fused-ring (bicyclic) bond motifs is 2. The van der Waals surface area contributed by atoms with Gasteiger partial charge in [-0.15, -0.1) is 0 Å². The number of ether oxygens (including phenoxy) is 2. The molecule has 2 fully saturated rings. The third-order valence-corrected chi connectivity index (χ3v) is 5.64. The Bertz CT molecular complexity index is 594. The molecule has 5 heteroatoms. The molecule has 3 heterocycles. The van der Waals surface area contributed by atoms with Gasteiger partial charge in [0.1, 0.15) is 0 Å². The van der Waals surface area contributed by atoms with Crippen molar-refractivity contribution >= 4 is 0 Å². The summed E-state index contributed by atoms with van der Waals surface area (Å²) >= 11 is 0. The SMILES string of the molecule is CC(Cc1ccc2c(c1)OCO2)CN1CC2C[C@@H](O)CN2C[C@H]1C. The molecule has 4 atom stereocenters. The zero-order valence-electron chi connectivity index (χ0n) is 14.6. The van der Waals surface area contributed by atoms with Gasteiger partial charge in [-0.05, 0) is 43.4 Å². The Morgan fingerprint density at radius 1 is 1.21 bits per heavy atom. The van der Waals surface area contributed by atoms with Crippen LogP contribution < -0.4 is 9.47 Å². The topological polar surface area (TPSA) is 45.2 Å². The second kappa shape index (κ2) is 6.54. The summed E-state index contributed by atoms with van der Waals surface area (Å²) in [5.74, 6) is 2.32. The van der Waals surface area contributed by atoms with Crippen molar-refractivity contribution in [2.24, 2.45) is 5.92 Å². The Balaban J connectivity index is 1.35. The standard InChI is InChI=1S/C19H28N2O3/c1-13(5-15-3-4-18-19(6-15)24-12-23-18)8-20-10-16-7-17(22)11-21(16)9-14(20)2/h3-4,6,13-14,16-17,22H,5,7-12H2,1-2H3/t13?,14-,16?,17-/m1/s1. The van der Waals surface area contributed by atoms with Gasteiger partial charge in [0.05, 0.1) is 6.10 Å². The first-order valence-corrected chi connectivity index (χ1v) is 9.13. The van der Waals surface area contributed by atoms with Crippen molar-refractivity contribution in [3.8, 4) is 11.5 Å². The highest BCUT2D eigenvalue weighted by Gasteiger charge is 2.38. The molecule has 132 valence electrons. The summed E-state index contributed by atoms with van der Waals surface area (Å²) in [6, 6.07) is 7.39. The van der Waals surface area contributed by atoms with E-state index in [1.165, 1.54) is 5.56 Å². The molecule has 3 aliphatic heterocycles. The second-order valence-corrected chi connectivity index (χ2v) is 7.80. The van der Waals surface area contributed by atoms with Gasteiger partial charge in [0.15, 0.2) is 11.5 Å². The number of aliphatic hydroxyl groups excluding tert-OH is 1. The Morgan fingerprint density at radius 3 is 2.92 bits per heavy atom. The predicted molar refractivity (Wildman–Crippen MR) is 92.5 cm³/mol. The molecule has 3 aliphatic rings. The zero-order valence-corrected chi connectivity index (χ0v) is 14.6. The van der Waals surface area contributed by atoms with Crippen LogP contribution >= 0.6 is 0 Å². The summed E-state index contributed by atoms with van der Waals surface area (Å²) in [4.78, 5) is 5.07. The monoisotopic (exact) mass is 332 g/mol. The van der Waals surface area contributed by atoms with Crippen LogP contribution in [0.25, 0.3) is 0 Å². The van der Waals surface area contributed by atoms with Crippen molar-refractivity contribution < 1.29 is 14.6 Å². The van der Waals surface area contributed by atoms with Crippen LogP contribution in [0.5, 0.6) is 11.5 Å². The molecule has 0 spiro atoms. The van der Waals surface area contributed by atoms with E-state index in [-0.39, 0.29) is 6.10 Å². The normalized spacial score (nSPS) is 31.2. The van der Waals surface area contributed by atoms with Crippen LogP contribution in [0.3, 0.4) is 0 Å². The van der Waals surface area contributed by atoms with Crippen LogP contribution in [0.2, 0.25) is 0 Å². The van der Waals surface area contributed by atoms with E-state index in [0.717, 1.165) is 50.5 Å². The lowest BCUT2D eigenvalue weighted by molar-refractivity contribution is 0.0488. The van der Waals surface area contributed by atoms with Gasteiger partial charge in [0.25, 0.3) is 0 Å². The molecule has 5 nitrogen and oxygen atoms in total. The molecule has 2 saturated heterocycles. The predicted octanol–water partition coefficient (Wildman–Crippen LogP) is 1.73. The maximum atomic E-state index is 9.90. The van der Waals surface area contributed by atoms with Crippen LogP contribution in [0.15, 0.2) is 18.2 Å². The maximum absolute atomic E-state index is 9.90. The van der Waals surface area contributed by atoms with Gasteiger partial charge in [-0.25, -0.2) is 0 Å². The highest BCUT2D eigenvalue weighted by atomic mass is 16.7. The van der Waals surface area contributed by atoms with Crippen molar-refractivity contribution in [2.45, 2.75) is 44.9 Å². The third-order valence-electron chi connectivity index (χ3n) is 5.64. The average Bonchev–Trinajstić information content (AvgIpc) is 3.12. The largest absolute Gasteiger partial charge is 0.454 e. The van der Waals surface area contributed by atoms with E-state index >= 15 is 0 Å². The van der Waals surface area contributed by atoms with E-state index < -0.39 is 0 Å². The molecule has 1 N–H and O–H groups in total. The summed E-state index contributed by atoms with van der Waals surface area (Å²) in [6.07, 6.45) is 1.85. The number of hydrogen-bond donors (Lipinski definition) is 1. The second-order valence-electron chi connectivity index (χ2n) is 7.80. The number of aliphatic hydroxyl groups is 1. The van der Waals surface area contributed by atoms with E-state index in [4.69, 9.17) is 9.47 Å². The highest BCUT2D eigenvalue weighted by Crippen LogP contribution is 2.33. The quantitative estimate of drug-likeness (QED) is 0.910. The zero-order chi connectivity index (χ0) is 16.7. The first-order valence-electron chi connectivity index (χ1n) is 9.13. The van der Waals surface area contributed by atoms with Crippen LogP contribution in [0.1, 0.15) is 25.8 Å². The maximum Gasteiger partial charge on any atom is 0.231 e. The van der Waals surface area contributed by atoms with E-state index in [1.54, 1.807) is 0 Å². The van der Waals surface area contributed by atoms with Gasteiger partial charge in [0, 0.05) is 38.3 Å². The summed E-state index contributed by atoms with van der Waals surface area (Å²) in [5.41, 5.74) is 1.31. The molecule has 24 heavy (non-hydrogen) atoms. The lowest BCUT2D eigenvalue weighted by Gasteiger charge is -2.43. The molecule has 2 unspecified atom stereocenters. The Kier molecular flexibility index (Phi) is 4.41. The van der Waals surface area contributed by atoms with Gasteiger partial charge in [0.2, 0.25) is 6.79 Å². The van der Waals surface area contributed by atoms with E-state index in [2.05, 4.69) is 35.8 Å². The molecule has 0 aliphatic carbocycles. The lowest BCUT2D eigenvalue weighted by atomic mass is 9.98. The lowest BCUT2D eigenvalue weighted by Crippen LogP contribution is -2.55. The van der Waals surface area contributed by atoms with Gasteiger partial charge in [-0.1, -0.05) is 13.0 Å². The molecule has 4 rings (SSSR count).